The van der Waals surface area contributed by atoms with Gasteiger partial charge in [-0.3, -0.25) is 4.98 Å². The van der Waals surface area contributed by atoms with Crippen molar-refractivity contribution < 1.29 is 4.79 Å². The molecule has 0 aromatic carbocycles. The molecular formula is C12H17N3O. The molecule has 2 amide bonds. The fourth-order valence-electron chi connectivity index (χ4n) is 1.58. The van der Waals surface area contributed by atoms with Crippen molar-refractivity contribution in [3.63, 3.8) is 0 Å². The molecule has 16 heavy (non-hydrogen) atoms. The van der Waals surface area contributed by atoms with Crippen molar-refractivity contribution in [3.05, 3.63) is 29.6 Å². The van der Waals surface area contributed by atoms with Crippen LogP contribution in [0.3, 0.4) is 0 Å². The van der Waals surface area contributed by atoms with Gasteiger partial charge in [0.05, 0.1) is 12.2 Å². The third-order valence-corrected chi connectivity index (χ3v) is 2.69. The number of aromatic nitrogens is 1. The van der Waals surface area contributed by atoms with Crippen LogP contribution in [0.5, 0.6) is 0 Å². The highest BCUT2D eigenvalue weighted by atomic mass is 16.2. The van der Waals surface area contributed by atoms with Crippen molar-refractivity contribution in [3.8, 4) is 0 Å². The molecule has 1 aromatic heterocycles. The van der Waals surface area contributed by atoms with Crippen LogP contribution in [0, 0.1) is 0 Å². The Morgan fingerprint density at radius 1 is 1.56 bits per heavy atom. The number of hydrogen-bond donors (Lipinski definition) is 2. The van der Waals surface area contributed by atoms with Crippen LogP contribution < -0.4 is 10.6 Å². The second-order valence-corrected chi connectivity index (χ2v) is 4.06. The Hall–Kier alpha value is -1.58. The number of amides is 2. The largest absolute Gasteiger partial charge is 0.335 e. The molecule has 1 fully saturated rings. The Morgan fingerprint density at radius 3 is 3.06 bits per heavy atom. The number of nitrogens with zero attached hydrogens (tertiary/aromatic N) is 1. The minimum atomic E-state index is -0.0878. The molecule has 0 radical (unpaired) electrons. The van der Waals surface area contributed by atoms with E-state index in [9.17, 15) is 4.79 Å². The van der Waals surface area contributed by atoms with Gasteiger partial charge < -0.3 is 10.6 Å². The van der Waals surface area contributed by atoms with Crippen LogP contribution in [0.25, 0.3) is 0 Å². The quantitative estimate of drug-likeness (QED) is 0.808. The number of pyridine rings is 1. The van der Waals surface area contributed by atoms with Gasteiger partial charge in [0.1, 0.15) is 0 Å². The molecule has 1 aliphatic rings. The minimum absolute atomic E-state index is 0.0878. The molecule has 1 aromatic rings. The molecule has 1 aliphatic carbocycles. The molecule has 4 nitrogen and oxygen atoms in total. The van der Waals surface area contributed by atoms with E-state index in [1.54, 1.807) is 6.20 Å². The maximum atomic E-state index is 11.4. The van der Waals surface area contributed by atoms with Gasteiger partial charge in [-0.25, -0.2) is 4.79 Å². The summed E-state index contributed by atoms with van der Waals surface area (Å²) in [6.07, 6.45) is 4.92. The van der Waals surface area contributed by atoms with E-state index in [1.807, 2.05) is 12.1 Å². The van der Waals surface area contributed by atoms with Gasteiger partial charge in [-0.15, -0.1) is 0 Å². The van der Waals surface area contributed by atoms with E-state index in [4.69, 9.17) is 0 Å². The summed E-state index contributed by atoms with van der Waals surface area (Å²) in [7, 11) is 0. The highest BCUT2D eigenvalue weighted by Crippen LogP contribution is 2.18. The van der Waals surface area contributed by atoms with Gasteiger partial charge in [0.25, 0.3) is 0 Å². The number of hydrogen-bond acceptors (Lipinski definition) is 2. The molecule has 0 unspecified atom stereocenters. The van der Waals surface area contributed by atoms with E-state index in [1.165, 1.54) is 5.56 Å². The zero-order valence-electron chi connectivity index (χ0n) is 9.49. The number of carbonyl (C=O) groups is 1. The first-order chi connectivity index (χ1) is 7.79. The molecule has 0 saturated heterocycles. The molecular weight excluding hydrogens is 202 g/mol. The van der Waals surface area contributed by atoms with Crippen LogP contribution >= 0.6 is 0 Å². The molecule has 2 N–H and O–H groups in total. The lowest BCUT2D eigenvalue weighted by atomic mass is 10.1. The Morgan fingerprint density at radius 2 is 2.38 bits per heavy atom. The molecule has 0 aliphatic heterocycles. The molecule has 86 valence electrons. The van der Waals surface area contributed by atoms with Crippen molar-refractivity contribution in [2.75, 3.05) is 0 Å². The van der Waals surface area contributed by atoms with E-state index in [0.717, 1.165) is 25.0 Å². The number of aryl methyl sites for hydroxylation is 1. The van der Waals surface area contributed by atoms with E-state index in [-0.39, 0.29) is 6.03 Å². The highest BCUT2D eigenvalue weighted by molar-refractivity contribution is 5.74. The third-order valence-electron chi connectivity index (χ3n) is 2.69. The molecule has 0 bridgehead atoms. The Bertz CT molecular complexity index is 374. The second kappa shape index (κ2) is 4.96. The van der Waals surface area contributed by atoms with Crippen molar-refractivity contribution in [1.29, 1.82) is 0 Å². The van der Waals surface area contributed by atoms with Gasteiger partial charge in [0.15, 0.2) is 0 Å². The van der Waals surface area contributed by atoms with Gasteiger partial charge in [-0.1, -0.05) is 13.0 Å². The first-order valence-corrected chi connectivity index (χ1v) is 5.76. The molecule has 0 spiro atoms. The molecule has 1 heterocycles. The average molecular weight is 219 g/mol. The second-order valence-electron chi connectivity index (χ2n) is 4.06. The van der Waals surface area contributed by atoms with Gasteiger partial charge in [-0.05, 0) is 30.9 Å². The predicted octanol–water partition coefficient (Wildman–Crippen LogP) is 1.61. The Balaban J connectivity index is 1.85. The van der Waals surface area contributed by atoms with Crippen molar-refractivity contribution in [2.24, 2.45) is 0 Å². The topological polar surface area (TPSA) is 54.0 Å². The van der Waals surface area contributed by atoms with Crippen LogP contribution in [0.1, 0.15) is 31.0 Å². The first kappa shape index (κ1) is 10.9. The van der Waals surface area contributed by atoms with Crippen LogP contribution in [0.2, 0.25) is 0 Å². The van der Waals surface area contributed by atoms with Crippen LogP contribution in [0.4, 0.5) is 4.79 Å². The first-order valence-electron chi connectivity index (χ1n) is 5.76. The summed E-state index contributed by atoms with van der Waals surface area (Å²) >= 11 is 0. The number of rotatable bonds is 4. The summed E-state index contributed by atoms with van der Waals surface area (Å²) in [4.78, 5) is 15.7. The lowest BCUT2D eigenvalue weighted by Gasteiger charge is -2.08. The van der Waals surface area contributed by atoms with Gasteiger partial charge in [0.2, 0.25) is 0 Å². The molecule has 2 rings (SSSR count). The fourth-order valence-corrected chi connectivity index (χ4v) is 1.58. The van der Waals surface area contributed by atoms with Crippen LogP contribution in [-0.2, 0) is 13.0 Å². The van der Waals surface area contributed by atoms with Gasteiger partial charge in [-0.2, -0.15) is 0 Å². The standard InChI is InChI=1S/C12H17N3O/c1-2-9-4-3-7-13-11(9)8-14-12(16)15-10-5-6-10/h3-4,7,10H,2,5-6,8H2,1H3,(H2,14,15,16). The average Bonchev–Trinajstić information content (AvgIpc) is 3.10. The van der Waals surface area contributed by atoms with Crippen LogP contribution in [-0.4, -0.2) is 17.1 Å². The highest BCUT2D eigenvalue weighted by Gasteiger charge is 2.22. The summed E-state index contributed by atoms with van der Waals surface area (Å²) < 4.78 is 0. The summed E-state index contributed by atoms with van der Waals surface area (Å²) in [5, 5.41) is 5.72. The van der Waals surface area contributed by atoms with Gasteiger partial charge in [0, 0.05) is 12.2 Å². The zero-order valence-corrected chi connectivity index (χ0v) is 9.49. The third kappa shape index (κ3) is 2.95. The fraction of sp³-hybridized carbons (Fsp3) is 0.500. The molecule has 1 saturated carbocycles. The summed E-state index contributed by atoms with van der Waals surface area (Å²) in [5.74, 6) is 0. The van der Waals surface area contributed by atoms with E-state index in [2.05, 4.69) is 22.5 Å². The summed E-state index contributed by atoms with van der Waals surface area (Å²) in [6.45, 7) is 2.59. The Kier molecular flexibility index (Phi) is 3.39. The molecule has 0 atom stereocenters. The number of nitrogens with one attached hydrogen (secondary N) is 2. The summed E-state index contributed by atoms with van der Waals surface area (Å²) in [6, 6.07) is 4.28. The smallest absolute Gasteiger partial charge is 0.315 e. The van der Waals surface area contributed by atoms with E-state index < -0.39 is 0 Å². The van der Waals surface area contributed by atoms with E-state index in [0.29, 0.717) is 12.6 Å². The Labute approximate surface area is 95.5 Å². The minimum Gasteiger partial charge on any atom is -0.335 e. The maximum absolute atomic E-state index is 11.4. The summed E-state index contributed by atoms with van der Waals surface area (Å²) in [5.41, 5.74) is 2.14. The maximum Gasteiger partial charge on any atom is 0.315 e. The number of carbonyl (C=O) groups excluding carboxylic acids is 1. The van der Waals surface area contributed by atoms with Crippen molar-refractivity contribution >= 4 is 6.03 Å². The normalized spacial score (nSPS) is 14.6. The monoisotopic (exact) mass is 219 g/mol. The SMILES string of the molecule is CCc1cccnc1CNC(=O)NC1CC1. The number of urea groups is 1. The predicted molar refractivity (Wildman–Crippen MR) is 62.0 cm³/mol. The molecule has 4 heteroatoms. The van der Waals surface area contributed by atoms with Gasteiger partial charge >= 0.3 is 6.03 Å². The van der Waals surface area contributed by atoms with Crippen molar-refractivity contribution in [2.45, 2.75) is 38.8 Å². The van der Waals surface area contributed by atoms with Crippen LogP contribution in [0.15, 0.2) is 18.3 Å². The van der Waals surface area contributed by atoms with Crippen molar-refractivity contribution in [1.82, 2.24) is 15.6 Å². The van der Waals surface area contributed by atoms with E-state index >= 15 is 0 Å². The zero-order chi connectivity index (χ0) is 11.4. The lowest BCUT2D eigenvalue weighted by molar-refractivity contribution is 0.240. The lowest BCUT2D eigenvalue weighted by Crippen LogP contribution is -2.36.